The summed E-state index contributed by atoms with van der Waals surface area (Å²) in [7, 11) is 0. The average molecular weight is 316 g/mol. The van der Waals surface area contributed by atoms with Gasteiger partial charge in [-0.25, -0.2) is 0 Å². The Labute approximate surface area is 134 Å². The van der Waals surface area contributed by atoms with Gasteiger partial charge in [-0.1, -0.05) is 12.1 Å². The number of hydrogen-bond donors (Lipinski definition) is 1. The Hall–Kier alpha value is -2.25. The Morgan fingerprint density at radius 1 is 1.39 bits per heavy atom. The van der Waals surface area contributed by atoms with Crippen LogP contribution in [0.5, 0.6) is 0 Å². The first kappa shape index (κ1) is 15.6. The molecule has 0 aliphatic carbocycles. The summed E-state index contributed by atoms with van der Waals surface area (Å²) in [6.07, 6.45) is -0.181. The van der Waals surface area contributed by atoms with Crippen molar-refractivity contribution in [3.05, 3.63) is 47.2 Å². The van der Waals surface area contributed by atoms with Gasteiger partial charge in [0.15, 0.2) is 0 Å². The van der Waals surface area contributed by atoms with Crippen LogP contribution in [-0.4, -0.2) is 40.2 Å². The van der Waals surface area contributed by atoms with Crippen LogP contribution in [0.15, 0.2) is 28.7 Å². The summed E-state index contributed by atoms with van der Waals surface area (Å²) in [4.78, 5) is 13.5. The van der Waals surface area contributed by atoms with Crippen LogP contribution >= 0.6 is 0 Å². The molecule has 0 radical (unpaired) electrons. The standard InChI is InChI=1S/C16H20N4O3/c1-10-7-20(8-12-4-3-5-13(6-12)15(17)21)9-14(22-10)16-19-18-11(2)23-16/h3-6,10,14H,7-9H2,1-2H3,(H2,17,21)/t10-,14-/m1/s1. The highest BCUT2D eigenvalue weighted by molar-refractivity contribution is 5.92. The highest BCUT2D eigenvalue weighted by atomic mass is 16.5. The lowest BCUT2D eigenvalue weighted by atomic mass is 10.1. The molecule has 0 unspecified atom stereocenters. The normalized spacial score (nSPS) is 22.2. The van der Waals surface area contributed by atoms with E-state index in [4.69, 9.17) is 14.9 Å². The van der Waals surface area contributed by atoms with Crippen LogP contribution in [0.2, 0.25) is 0 Å². The number of nitrogens with two attached hydrogens (primary N) is 1. The summed E-state index contributed by atoms with van der Waals surface area (Å²) in [6, 6.07) is 7.38. The summed E-state index contributed by atoms with van der Waals surface area (Å²) in [6.45, 7) is 5.94. The van der Waals surface area contributed by atoms with E-state index in [2.05, 4.69) is 15.1 Å². The van der Waals surface area contributed by atoms with Gasteiger partial charge in [-0.15, -0.1) is 10.2 Å². The number of ether oxygens (including phenoxy) is 1. The fraction of sp³-hybridized carbons (Fsp3) is 0.438. The zero-order valence-electron chi connectivity index (χ0n) is 13.2. The molecule has 0 saturated carbocycles. The van der Waals surface area contributed by atoms with Crippen LogP contribution in [0.4, 0.5) is 0 Å². The van der Waals surface area contributed by atoms with Gasteiger partial charge in [0.2, 0.25) is 17.7 Å². The first-order valence-electron chi connectivity index (χ1n) is 7.58. The quantitative estimate of drug-likeness (QED) is 0.917. The van der Waals surface area contributed by atoms with E-state index in [1.165, 1.54) is 0 Å². The van der Waals surface area contributed by atoms with Crippen molar-refractivity contribution in [2.75, 3.05) is 13.1 Å². The molecule has 2 aromatic rings. The fourth-order valence-corrected chi connectivity index (χ4v) is 2.83. The van der Waals surface area contributed by atoms with E-state index in [0.29, 0.717) is 30.4 Å². The van der Waals surface area contributed by atoms with E-state index in [1.54, 1.807) is 13.0 Å². The van der Waals surface area contributed by atoms with Gasteiger partial charge in [0.05, 0.1) is 6.10 Å². The molecule has 1 aliphatic rings. The van der Waals surface area contributed by atoms with E-state index >= 15 is 0 Å². The van der Waals surface area contributed by atoms with Crippen LogP contribution in [0, 0.1) is 6.92 Å². The van der Waals surface area contributed by atoms with Gasteiger partial charge in [0.1, 0.15) is 6.10 Å². The Morgan fingerprint density at radius 3 is 2.91 bits per heavy atom. The molecule has 1 aromatic heterocycles. The highest BCUT2D eigenvalue weighted by Crippen LogP contribution is 2.25. The number of amides is 1. The first-order valence-corrected chi connectivity index (χ1v) is 7.58. The van der Waals surface area contributed by atoms with Gasteiger partial charge in [-0.3, -0.25) is 9.69 Å². The zero-order chi connectivity index (χ0) is 16.4. The van der Waals surface area contributed by atoms with Crippen molar-refractivity contribution in [1.82, 2.24) is 15.1 Å². The second-order valence-corrected chi connectivity index (χ2v) is 5.85. The van der Waals surface area contributed by atoms with Crippen molar-refractivity contribution in [3.63, 3.8) is 0 Å². The molecule has 122 valence electrons. The molecule has 3 rings (SSSR count). The third-order valence-electron chi connectivity index (χ3n) is 3.77. The Morgan fingerprint density at radius 2 is 2.22 bits per heavy atom. The zero-order valence-corrected chi connectivity index (χ0v) is 13.2. The molecule has 0 bridgehead atoms. The summed E-state index contributed by atoms with van der Waals surface area (Å²) in [5.74, 6) is 0.619. The first-order chi connectivity index (χ1) is 11.0. The molecule has 1 aliphatic heterocycles. The molecule has 2 N–H and O–H groups in total. The smallest absolute Gasteiger partial charge is 0.248 e. The number of aryl methyl sites for hydroxylation is 1. The van der Waals surface area contributed by atoms with Crippen LogP contribution in [-0.2, 0) is 11.3 Å². The number of morpholine rings is 1. The highest BCUT2D eigenvalue weighted by Gasteiger charge is 2.30. The number of carbonyl (C=O) groups is 1. The van der Waals surface area contributed by atoms with Crippen molar-refractivity contribution in [3.8, 4) is 0 Å². The number of nitrogens with zero attached hydrogens (tertiary/aromatic N) is 3. The van der Waals surface area contributed by atoms with Crippen LogP contribution in [0.25, 0.3) is 0 Å². The van der Waals surface area contributed by atoms with Gasteiger partial charge in [0.25, 0.3) is 0 Å². The molecule has 7 nitrogen and oxygen atoms in total. The largest absolute Gasteiger partial charge is 0.423 e. The minimum atomic E-state index is -0.415. The van der Waals surface area contributed by atoms with Gasteiger partial charge >= 0.3 is 0 Å². The van der Waals surface area contributed by atoms with E-state index < -0.39 is 5.91 Å². The molecule has 2 heterocycles. The van der Waals surface area contributed by atoms with Gasteiger partial charge < -0.3 is 14.9 Å². The van der Waals surface area contributed by atoms with E-state index in [9.17, 15) is 4.79 Å². The third kappa shape index (κ3) is 3.75. The lowest BCUT2D eigenvalue weighted by molar-refractivity contribution is -0.0917. The minimum absolute atomic E-state index is 0.0558. The lowest BCUT2D eigenvalue weighted by Crippen LogP contribution is -2.42. The number of benzene rings is 1. The molecule has 0 spiro atoms. The predicted molar refractivity (Wildman–Crippen MR) is 82.6 cm³/mol. The van der Waals surface area contributed by atoms with E-state index in [-0.39, 0.29) is 12.2 Å². The maximum absolute atomic E-state index is 11.3. The lowest BCUT2D eigenvalue weighted by Gasteiger charge is -2.35. The topological polar surface area (TPSA) is 94.5 Å². The van der Waals surface area contributed by atoms with Gasteiger partial charge in [0, 0.05) is 32.1 Å². The maximum Gasteiger partial charge on any atom is 0.248 e. The fourth-order valence-electron chi connectivity index (χ4n) is 2.83. The third-order valence-corrected chi connectivity index (χ3v) is 3.77. The number of hydrogen-bond acceptors (Lipinski definition) is 6. The molecular formula is C16H20N4O3. The molecule has 1 aromatic carbocycles. The Kier molecular flexibility index (Phi) is 4.40. The predicted octanol–water partition coefficient (Wildman–Crippen LogP) is 1.44. The number of aromatic nitrogens is 2. The summed E-state index contributed by atoms with van der Waals surface area (Å²) < 4.78 is 11.4. The van der Waals surface area contributed by atoms with Crippen LogP contribution in [0.3, 0.4) is 0 Å². The Balaban J connectivity index is 1.72. The van der Waals surface area contributed by atoms with E-state index in [0.717, 1.165) is 12.1 Å². The Bertz CT molecular complexity index is 700. The summed E-state index contributed by atoms with van der Waals surface area (Å²) >= 11 is 0. The number of carbonyl (C=O) groups excluding carboxylic acids is 1. The second kappa shape index (κ2) is 6.47. The molecule has 1 fully saturated rings. The van der Waals surface area contributed by atoms with Crippen molar-refractivity contribution >= 4 is 5.91 Å². The summed E-state index contributed by atoms with van der Waals surface area (Å²) in [5.41, 5.74) is 6.90. The number of primary amides is 1. The van der Waals surface area contributed by atoms with Crippen molar-refractivity contribution in [2.45, 2.75) is 32.6 Å². The molecular weight excluding hydrogens is 296 g/mol. The van der Waals surface area contributed by atoms with Crippen molar-refractivity contribution in [1.29, 1.82) is 0 Å². The molecule has 23 heavy (non-hydrogen) atoms. The van der Waals surface area contributed by atoms with Crippen LogP contribution < -0.4 is 5.73 Å². The maximum atomic E-state index is 11.3. The minimum Gasteiger partial charge on any atom is -0.423 e. The number of rotatable bonds is 4. The second-order valence-electron chi connectivity index (χ2n) is 5.85. The van der Waals surface area contributed by atoms with Gasteiger partial charge in [-0.2, -0.15) is 0 Å². The monoisotopic (exact) mass is 316 g/mol. The molecule has 7 heteroatoms. The summed E-state index contributed by atoms with van der Waals surface area (Å²) in [5, 5.41) is 7.91. The average Bonchev–Trinajstić information content (AvgIpc) is 2.93. The molecule has 2 atom stereocenters. The molecule has 1 amide bonds. The SMILES string of the molecule is Cc1nnc([C@H]2CN(Cc3cccc(C(N)=O)c3)C[C@@H](C)O2)o1. The molecule has 1 saturated heterocycles. The van der Waals surface area contributed by atoms with E-state index in [1.807, 2.05) is 25.1 Å². The van der Waals surface area contributed by atoms with Gasteiger partial charge in [-0.05, 0) is 24.6 Å². The van der Waals surface area contributed by atoms with Crippen molar-refractivity contribution < 1.29 is 13.9 Å². The van der Waals surface area contributed by atoms with Crippen LogP contribution in [0.1, 0.15) is 40.7 Å². The van der Waals surface area contributed by atoms with Crippen molar-refractivity contribution in [2.24, 2.45) is 5.73 Å².